The molecule has 0 bridgehead atoms. The molecule has 6 heteroatoms. The van der Waals surface area contributed by atoms with E-state index in [4.69, 9.17) is 0 Å². The van der Waals surface area contributed by atoms with E-state index in [0.29, 0.717) is 12.8 Å². The molecule has 0 spiro atoms. The Balaban J connectivity index is 1.63. The van der Waals surface area contributed by atoms with Crippen molar-refractivity contribution in [3.05, 3.63) is 48.3 Å². The van der Waals surface area contributed by atoms with Crippen LogP contribution in [0.4, 0.5) is 0 Å². The summed E-state index contributed by atoms with van der Waals surface area (Å²) in [6, 6.07) is 9.30. The van der Waals surface area contributed by atoms with E-state index in [1.165, 1.54) is 0 Å². The maximum absolute atomic E-state index is 12.0. The molecule has 1 aromatic carbocycles. The van der Waals surface area contributed by atoms with Gasteiger partial charge in [-0.2, -0.15) is 5.10 Å². The fourth-order valence-electron chi connectivity index (χ4n) is 2.61. The summed E-state index contributed by atoms with van der Waals surface area (Å²) < 4.78 is 1.73. The van der Waals surface area contributed by atoms with Crippen molar-refractivity contribution in [2.45, 2.75) is 31.2 Å². The zero-order valence-electron chi connectivity index (χ0n) is 12.0. The van der Waals surface area contributed by atoms with Gasteiger partial charge >= 0.3 is 5.97 Å². The van der Waals surface area contributed by atoms with Crippen LogP contribution in [0.2, 0.25) is 0 Å². The third-order valence-corrected chi connectivity index (χ3v) is 4.07. The Morgan fingerprint density at radius 1 is 1.27 bits per heavy atom. The van der Waals surface area contributed by atoms with Gasteiger partial charge in [0.1, 0.15) is 5.54 Å². The number of nitrogens with zero attached hydrogens (tertiary/aromatic N) is 2. The third-order valence-electron chi connectivity index (χ3n) is 4.07. The number of rotatable bonds is 5. The summed E-state index contributed by atoms with van der Waals surface area (Å²) >= 11 is 0. The van der Waals surface area contributed by atoms with Gasteiger partial charge in [0.05, 0.1) is 12.1 Å². The smallest absolute Gasteiger partial charge is 0.329 e. The van der Waals surface area contributed by atoms with E-state index in [-0.39, 0.29) is 12.3 Å². The van der Waals surface area contributed by atoms with Crippen LogP contribution in [0.15, 0.2) is 42.7 Å². The highest BCUT2D eigenvalue weighted by Crippen LogP contribution is 2.32. The Labute approximate surface area is 127 Å². The average Bonchev–Trinajstić information content (AvgIpc) is 2.97. The maximum atomic E-state index is 12.0. The zero-order chi connectivity index (χ0) is 15.6. The standard InChI is InChI=1S/C16H17N3O3/c20-14(18-16(15(21)22)7-1-8-16)11-12-3-5-13(6-4-12)19-10-2-9-17-19/h2-6,9-10H,1,7-8,11H2,(H,18,20)(H,21,22). The Morgan fingerprint density at radius 2 is 2.00 bits per heavy atom. The van der Waals surface area contributed by atoms with E-state index in [1.807, 2.05) is 36.5 Å². The molecule has 1 fully saturated rings. The molecule has 2 aromatic rings. The van der Waals surface area contributed by atoms with Crippen molar-refractivity contribution >= 4 is 11.9 Å². The van der Waals surface area contributed by atoms with Crippen LogP contribution in [-0.2, 0) is 16.0 Å². The fraction of sp³-hybridized carbons (Fsp3) is 0.312. The molecule has 1 amide bonds. The van der Waals surface area contributed by atoms with Crippen LogP contribution in [0.3, 0.4) is 0 Å². The number of amides is 1. The first-order chi connectivity index (χ1) is 10.6. The highest BCUT2D eigenvalue weighted by Gasteiger charge is 2.45. The summed E-state index contributed by atoms with van der Waals surface area (Å²) in [5.74, 6) is -1.20. The molecular formula is C16H17N3O3. The summed E-state index contributed by atoms with van der Waals surface area (Å²) in [6.07, 6.45) is 5.57. The van der Waals surface area contributed by atoms with Crippen molar-refractivity contribution in [1.29, 1.82) is 0 Å². The molecular weight excluding hydrogens is 282 g/mol. The number of carboxylic acids is 1. The van der Waals surface area contributed by atoms with Gasteiger partial charge in [-0.3, -0.25) is 4.79 Å². The Hall–Kier alpha value is -2.63. The number of carboxylic acid groups (broad SMARTS) is 1. The summed E-state index contributed by atoms with van der Waals surface area (Å²) in [4.78, 5) is 23.3. The van der Waals surface area contributed by atoms with Gasteiger partial charge in [0.2, 0.25) is 5.91 Å². The second-order valence-corrected chi connectivity index (χ2v) is 5.58. The molecule has 22 heavy (non-hydrogen) atoms. The van der Waals surface area contributed by atoms with Crippen molar-refractivity contribution in [2.75, 3.05) is 0 Å². The van der Waals surface area contributed by atoms with Crippen LogP contribution >= 0.6 is 0 Å². The van der Waals surface area contributed by atoms with Crippen molar-refractivity contribution < 1.29 is 14.7 Å². The first kappa shape index (κ1) is 14.3. The highest BCUT2D eigenvalue weighted by atomic mass is 16.4. The number of hydrogen-bond donors (Lipinski definition) is 2. The van der Waals surface area contributed by atoms with Gasteiger partial charge in [-0.1, -0.05) is 12.1 Å². The summed E-state index contributed by atoms with van der Waals surface area (Å²) in [6.45, 7) is 0. The molecule has 3 rings (SSSR count). The Morgan fingerprint density at radius 3 is 2.50 bits per heavy atom. The molecule has 2 N–H and O–H groups in total. The number of carbonyl (C=O) groups excluding carboxylic acids is 1. The lowest BCUT2D eigenvalue weighted by atomic mass is 9.76. The van der Waals surface area contributed by atoms with Gasteiger partial charge < -0.3 is 10.4 Å². The van der Waals surface area contributed by atoms with Crippen molar-refractivity contribution in [2.24, 2.45) is 0 Å². The number of aliphatic carboxylic acids is 1. The molecule has 0 aliphatic heterocycles. The molecule has 0 saturated heterocycles. The van der Waals surface area contributed by atoms with Crippen LogP contribution in [0.5, 0.6) is 0 Å². The number of aromatic nitrogens is 2. The van der Waals surface area contributed by atoms with Crippen molar-refractivity contribution in [3.8, 4) is 5.69 Å². The molecule has 0 unspecified atom stereocenters. The van der Waals surface area contributed by atoms with E-state index in [0.717, 1.165) is 17.7 Å². The predicted molar refractivity (Wildman–Crippen MR) is 79.6 cm³/mol. The summed E-state index contributed by atoms with van der Waals surface area (Å²) in [5, 5.41) is 16.0. The lowest BCUT2D eigenvalue weighted by molar-refractivity contribution is -0.151. The van der Waals surface area contributed by atoms with Crippen LogP contribution in [0.1, 0.15) is 24.8 Å². The second-order valence-electron chi connectivity index (χ2n) is 5.58. The quantitative estimate of drug-likeness (QED) is 0.877. The number of benzene rings is 1. The normalized spacial score (nSPS) is 15.8. The SMILES string of the molecule is O=C(Cc1ccc(-n2cccn2)cc1)NC1(C(=O)O)CCC1. The largest absolute Gasteiger partial charge is 0.480 e. The predicted octanol–water partition coefficient (Wildman–Crippen LogP) is 1.54. The fourth-order valence-corrected chi connectivity index (χ4v) is 2.61. The number of hydrogen-bond acceptors (Lipinski definition) is 3. The molecule has 0 radical (unpaired) electrons. The monoisotopic (exact) mass is 299 g/mol. The van der Waals surface area contributed by atoms with Crippen LogP contribution in [0.25, 0.3) is 5.69 Å². The minimum absolute atomic E-state index is 0.175. The molecule has 1 aromatic heterocycles. The number of nitrogens with one attached hydrogen (secondary N) is 1. The topological polar surface area (TPSA) is 84.2 Å². The third kappa shape index (κ3) is 2.72. The maximum Gasteiger partial charge on any atom is 0.329 e. The molecule has 1 saturated carbocycles. The van der Waals surface area contributed by atoms with Gasteiger partial charge in [-0.05, 0) is 43.0 Å². The molecule has 1 aliphatic carbocycles. The van der Waals surface area contributed by atoms with Crippen LogP contribution in [-0.4, -0.2) is 32.3 Å². The van der Waals surface area contributed by atoms with Gasteiger partial charge in [-0.25, -0.2) is 9.48 Å². The van der Waals surface area contributed by atoms with Gasteiger partial charge in [0, 0.05) is 12.4 Å². The first-order valence-corrected chi connectivity index (χ1v) is 7.22. The Kier molecular flexibility index (Phi) is 3.66. The zero-order valence-corrected chi connectivity index (χ0v) is 12.0. The second kappa shape index (κ2) is 5.63. The average molecular weight is 299 g/mol. The van der Waals surface area contributed by atoms with E-state index in [2.05, 4.69) is 10.4 Å². The molecule has 6 nitrogen and oxygen atoms in total. The van der Waals surface area contributed by atoms with E-state index < -0.39 is 11.5 Å². The molecule has 0 atom stereocenters. The number of carbonyl (C=O) groups is 2. The summed E-state index contributed by atoms with van der Waals surface area (Å²) in [7, 11) is 0. The van der Waals surface area contributed by atoms with E-state index >= 15 is 0 Å². The van der Waals surface area contributed by atoms with Crippen molar-refractivity contribution in [1.82, 2.24) is 15.1 Å². The molecule has 114 valence electrons. The van der Waals surface area contributed by atoms with E-state index in [1.54, 1.807) is 10.9 Å². The Bertz CT molecular complexity index is 673. The first-order valence-electron chi connectivity index (χ1n) is 7.22. The van der Waals surface area contributed by atoms with Gasteiger partial charge in [0.15, 0.2) is 0 Å². The van der Waals surface area contributed by atoms with Crippen LogP contribution < -0.4 is 5.32 Å². The highest BCUT2D eigenvalue weighted by molar-refractivity contribution is 5.88. The molecule has 1 heterocycles. The van der Waals surface area contributed by atoms with Gasteiger partial charge in [-0.15, -0.1) is 0 Å². The van der Waals surface area contributed by atoms with Gasteiger partial charge in [0.25, 0.3) is 0 Å². The minimum atomic E-state index is -1.05. The lowest BCUT2D eigenvalue weighted by Gasteiger charge is -2.38. The van der Waals surface area contributed by atoms with Crippen molar-refractivity contribution in [3.63, 3.8) is 0 Å². The summed E-state index contributed by atoms with van der Waals surface area (Å²) in [5.41, 5.74) is 0.704. The minimum Gasteiger partial charge on any atom is -0.480 e. The lowest BCUT2D eigenvalue weighted by Crippen LogP contribution is -2.59. The molecule has 1 aliphatic rings. The van der Waals surface area contributed by atoms with Crippen LogP contribution in [0, 0.1) is 0 Å². The van der Waals surface area contributed by atoms with E-state index in [9.17, 15) is 14.7 Å².